The molecule has 68 valence electrons. The van der Waals surface area contributed by atoms with Crippen LogP contribution in [0.5, 0.6) is 0 Å². The lowest BCUT2D eigenvalue weighted by atomic mass is 10.2. The maximum Gasteiger partial charge on any atom is 0.0420 e. The molecule has 0 radical (unpaired) electrons. The van der Waals surface area contributed by atoms with E-state index in [0.717, 1.165) is 10.8 Å². The third-order valence-corrected chi connectivity index (χ3v) is 3.75. The number of thioether (sulfide) groups is 1. The van der Waals surface area contributed by atoms with E-state index in [1.165, 1.54) is 15.6 Å². The van der Waals surface area contributed by atoms with E-state index < -0.39 is 0 Å². The Morgan fingerprint density at radius 3 is 3.08 bits per heavy atom. The number of hydrogen-bond acceptors (Lipinski definition) is 2. The van der Waals surface area contributed by atoms with Crippen molar-refractivity contribution in [2.75, 3.05) is 6.26 Å². The van der Waals surface area contributed by atoms with Crippen molar-refractivity contribution < 1.29 is 0 Å². The molecule has 2 rings (SSSR count). The smallest absolute Gasteiger partial charge is 0.0420 e. The van der Waals surface area contributed by atoms with E-state index in [9.17, 15) is 0 Å². The van der Waals surface area contributed by atoms with Gasteiger partial charge in [0.15, 0.2) is 0 Å². The minimum atomic E-state index is 0.824. The molecule has 0 aliphatic rings. The van der Waals surface area contributed by atoms with Gasteiger partial charge in [-0.15, -0.1) is 11.3 Å². The SMILES string of the molecule is CSCc1csc2cc(Cl)ccc12. The van der Waals surface area contributed by atoms with Gasteiger partial charge >= 0.3 is 0 Å². The van der Waals surface area contributed by atoms with Crippen LogP contribution in [0.4, 0.5) is 0 Å². The standard InChI is InChI=1S/C10H9ClS2/c1-12-5-7-6-13-10-4-8(11)2-3-9(7)10/h2-4,6H,5H2,1H3. The van der Waals surface area contributed by atoms with Crippen LogP contribution < -0.4 is 0 Å². The average molecular weight is 229 g/mol. The molecule has 1 aromatic heterocycles. The Bertz CT molecular complexity index is 420. The third kappa shape index (κ3) is 1.85. The summed E-state index contributed by atoms with van der Waals surface area (Å²) in [7, 11) is 0. The lowest BCUT2D eigenvalue weighted by Crippen LogP contribution is -1.74. The van der Waals surface area contributed by atoms with E-state index in [1.54, 1.807) is 11.3 Å². The fraction of sp³-hybridized carbons (Fsp3) is 0.200. The van der Waals surface area contributed by atoms with Gasteiger partial charge in [0, 0.05) is 15.5 Å². The molecule has 0 fully saturated rings. The van der Waals surface area contributed by atoms with E-state index in [-0.39, 0.29) is 0 Å². The zero-order chi connectivity index (χ0) is 9.26. The van der Waals surface area contributed by atoms with Crippen LogP contribution in [0.3, 0.4) is 0 Å². The molecule has 0 saturated carbocycles. The quantitative estimate of drug-likeness (QED) is 0.734. The lowest BCUT2D eigenvalue weighted by molar-refractivity contribution is 1.52. The minimum absolute atomic E-state index is 0.824. The number of halogens is 1. The van der Waals surface area contributed by atoms with Gasteiger partial charge in [0.1, 0.15) is 0 Å². The molecule has 0 amide bonds. The number of rotatable bonds is 2. The molecule has 1 aromatic carbocycles. The van der Waals surface area contributed by atoms with Crippen molar-refractivity contribution in [2.45, 2.75) is 5.75 Å². The molecule has 0 N–H and O–H groups in total. The van der Waals surface area contributed by atoms with Gasteiger partial charge in [-0.1, -0.05) is 17.7 Å². The summed E-state index contributed by atoms with van der Waals surface area (Å²) in [6, 6.07) is 6.10. The van der Waals surface area contributed by atoms with Crippen LogP contribution in [0.25, 0.3) is 10.1 Å². The van der Waals surface area contributed by atoms with E-state index in [0.29, 0.717) is 0 Å². The molecule has 0 unspecified atom stereocenters. The Kier molecular flexibility index (Phi) is 2.82. The Morgan fingerprint density at radius 1 is 1.46 bits per heavy atom. The predicted octanol–water partition coefficient (Wildman–Crippen LogP) is 4.42. The minimum Gasteiger partial charge on any atom is -0.161 e. The van der Waals surface area contributed by atoms with E-state index >= 15 is 0 Å². The van der Waals surface area contributed by atoms with Gasteiger partial charge in [-0.25, -0.2) is 0 Å². The highest BCUT2D eigenvalue weighted by Crippen LogP contribution is 2.30. The van der Waals surface area contributed by atoms with Crippen molar-refractivity contribution in [3.8, 4) is 0 Å². The predicted molar refractivity (Wildman–Crippen MR) is 64.1 cm³/mol. The molecule has 13 heavy (non-hydrogen) atoms. The number of hydrogen-bond donors (Lipinski definition) is 0. The molecule has 0 atom stereocenters. The molecule has 0 saturated heterocycles. The van der Waals surface area contributed by atoms with Crippen LogP contribution in [0.15, 0.2) is 23.6 Å². The first-order valence-corrected chi connectivity index (χ1v) is 6.61. The summed E-state index contributed by atoms with van der Waals surface area (Å²) >= 11 is 9.53. The highest BCUT2D eigenvalue weighted by molar-refractivity contribution is 7.97. The fourth-order valence-corrected chi connectivity index (χ4v) is 3.22. The zero-order valence-electron chi connectivity index (χ0n) is 7.21. The Balaban J connectivity index is 2.55. The number of benzene rings is 1. The van der Waals surface area contributed by atoms with Gasteiger partial charge in [-0.05, 0) is 34.7 Å². The summed E-state index contributed by atoms with van der Waals surface area (Å²) in [4.78, 5) is 0. The van der Waals surface area contributed by atoms with Gasteiger partial charge in [-0.2, -0.15) is 11.8 Å². The first-order chi connectivity index (χ1) is 6.31. The monoisotopic (exact) mass is 228 g/mol. The molecular weight excluding hydrogens is 220 g/mol. The number of thiophene rings is 1. The second-order valence-electron chi connectivity index (χ2n) is 2.83. The molecular formula is C10H9ClS2. The fourth-order valence-electron chi connectivity index (χ4n) is 1.32. The molecule has 3 heteroatoms. The van der Waals surface area contributed by atoms with Crippen LogP contribution in [-0.4, -0.2) is 6.26 Å². The maximum atomic E-state index is 5.91. The average Bonchev–Trinajstić information content (AvgIpc) is 2.49. The van der Waals surface area contributed by atoms with E-state index in [4.69, 9.17) is 11.6 Å². The van der Waals surface area contributed by atoms with E-state index in [1.807, 2.05) is 23.9 Å². The van der Waals surface area contributed by atoms with Gasteiger partial charge in [0.25, 0.3) is 0 Å². The first-order valence-electron chi connectivity index (χ1n) is 3.96. The van der Waals surface area contributed by atoms with Crippen molar-refractivity contribution >= 4 is 44.8 Å². The highest BCUT2D eigenvalue weighted by Gasteiger charge is 2.02. The highest BCUT2D eigenvalue weighted by atomic mass is 35.5. The van der Waals surface area contributed by atoms with Crippen LogP contribution in [-0.2, 0) is 5.75 Å². The molecule has 1 heterocycles. The van der Waals surface area contributed by atoms with Crippen molar-refractivity contribution in [3.05, 3.63) is 34.2 Å². The topological polar surface area (TPSA) is 0 Å². The molecule has 0 aliphatic carbocycles. The normalized spacial score (nSPS) is 10.9. The molecule has 0 spiro atoms. The first kappa shape index (κ1) is 9.38. The summed E-state index contributed by atoms with van der Waals surface area (Å²) in [5.74, 6) is 1.08. The largest absolute Gasteiger partial charge is 0.161 e. The van der Waals surface area contributed by atoms with Crippen LogP contribution in [0.1, 0.15) is 5.56 Å². The molecule has 0 aliphatic heterocycles. The van der Waals surface area contributed by atoms with Crippen LogP contribution in [0.2, 0.25) is 5.02 Å². The summed E-state index contributed by atoms with van der Waals surface area (Å²) in [6.07, 6.45) is 2.12. The van der Waals surface area contributed by atoms with Crippen molar-refractivity contribution in [1.29, 1.82) is 0 Å². The summed E-state index contributed by atoms with van der Waals surface area (Å²) in [5, 5.41) is 4.39. The lowest BCUT2D eigenvalue weighted by Gasteiger charge is -1.95. The Labute approximate surface area is 90.9 Å². The van der Waals surface area contributed by atoms with Gasteiger partial charge < -0.3 is 0 Å². The Morgan fingerprint density at radius 2 is 2.31 bits per heavy atom. The van der Waals surface area contributed by atoms with Gasteiger partial charge in [0.05, 0.1) is 0 Å². The molecule has 2 aromatic rings. The summed E-state index contributed by atoms with van der Waals surface area (Å²) < 4.78 is 1.29. The molecule has 0 nitrogen and oxygen atoms in total. The van der Waals surface area contributed by atoms with Gasteiger partial charge in [-0.3, -0.25) is 0 Å². The van der Waals surface area contributed by atoms with Crippen molar-refractivity contribution in [2.24, 2.45) is 0 Å². The second kappa shape index (κ2) is 3.91. The molecule has 0 bridgehead atoms. The third-order valence-electron chi connectivity index (χ3n) is 1.92. The van der Waals surface area contributed by atoms with Crippen LogP contribution in [0, 0.1) is 0 Å². The zero-order valence-corrected chi connectivity index (χ0v) is 9.60. The summed E-state index contributed by atoms with van der Waals surface area (Å²) in [6.45, 7) is 0. The Hall–Kier alpha value is -0.180. The van der Waals surface area contributed by atoms with Crippen molar-refractivity contribution in [3.63, 3.8) is 0 Å². The summed E-state index contributed by atoms with van der Waals surface area (Å²) in [5.41, 5.74) is 1.42. The maximum absolute atomic E-state index is 5.91. The number of fused-ring (bicyclic) bond motifs is 1. The van der Waals surface area contributed by atoms with Crippen LogP contribution >= 0.6 is 34.7 Å². The van der Waals surface area contributed by atoms with Crippen molar-refractivity contribution in [1.82, 2.24) is 0 Å². The van der Waals surface area contributed by atoms with E-state index in [2.05, 4.69) is 17.7 Å². The second-order valence-corrected chi connectivity index (χ2v) is 5.05. The van der Waals surface area contributed by atoms with Gasteiger partial charge in [0.2, 0.25) is 0 Å².